The molecular formula is C13H11N3O2S. The van der Waals surface area contributed by atoms with Gasteiger partial charge in [-0.1, -0.05) is 12.1 Å². The van der Waals surface area contributed by atoms with Gasteiger partial charge in [0.1, 0.15) is 10.4 Å². The third-order valence-electron chi connectivity index (χ3n) is 2.67. The fourth-order valence-corrected chi connectivity index (χ4v) is 2.42. The summed E-state index contributed by atoms with van der Waals surface area (Å²) in [6.45, 7) is 3.59. The predicted octanol–water partition coefficient (Wildman–Crippen LogP) is 3.52. The quantitative estimate of drug-likeness (QED) is 0.633. The smallest absolute Gasteiger partial charge is 0.258 e. The highest BCUT2D eigenvalue weighted by molar-refractivity contribution is 7.10. The van der Waals surface area contributed by atoms with Gasteiger partial charge < -0.3 is 0 Å². The van der Waals surface area contributed by atoms with Crippen LogP contribution in [-0.2, 0) is 5.41 Å². The lowest BCUT2D eigenvalue weighted by molar-refractivity contribution is -0.384. The summed E-state index contributed by atoms with van der Waals surface area (Å²) in [6, 6.07) is 8.51. The zero-order chi connectivity index (χ0) is 14.0. The number of thiazole rings is 1. The van der Waals surface area contributed by atoms with Crippen molar-refractivity contribution in [1.82, 2.24) is 4.98 Å². The fraction of sp³-hybridized carbons (Fsp3) is 0.231. The number of nitro groups is 1. The highest BCUT2D eigenvalue weighted by atomic mass is 32.1. The van der Waals surface area contributed by atoms with Gasteiger partial charge >= 0.3 is 0 Å². The van der Waals surface area contributed by atoms with Crippen LogP contribution in [0, 0.1) is 21.4 Å². The molecule has 0 amide bonds. The van der Waals surface area contributed by atoms with Crippen LogP contribution in [0.3, 0.4) is 0 Å². The number of nitro benzene ring substituents is 1. The maximum absolute atomic E-state index is 10.7. The lowest BCUT2D eigenvalue weighted by Gasteiger charge is -2.09. The van der Waals surface area contributed by atoms with Crippen molar-refractivity contribution >= 4 is 17.0 Å². The molecule has 2 rings (SSSR count). The summed E-state index contributed by atoms with van der Waals surface area (Å²) in [6.07, 6.45) is 0. The molecule has 0 saturated heterocycles. The number of aromatic nitrogens is 1. The van der Waals surface area contributed by atoms with E-state index >= 15 is 0 Å². The molecule has 0 radical (unpaired) electrons. The van der Waals surface area contributed by atoms with Gasteiger partial charge in [-0.25, -0.2) is 4.98 Å². The first kappa shape index (κ1) is 13.2. The van der Waals surface area contributed by atoms with Crippen molar-refractivity contribution in [2.75, 3.05) is 0 Å². The van der Waals surface area contributed by atoms with E-state index in [-0.39, 0.29) is 5.69 Å². The molecule has 0 aliphatic rings. The lowest BCUT2D eigenvalue weighted by atomic mass is 9.97. The van der Waals surface area contributed by atoms with Gasteiger partial charge in [0.05, 0.1) is 16.7 Å². The van der Waals surface area contributed by atoms with Crippen LogP contribution < -0.4 is 0 Å². The molecule has 2 aromatic rings. The van der Waals surface area contributed by atoms with Crippen molar-refractivity contribution < 1.29 is 4.92 Å². The van der Waals surface area contributed by atoms with Gasteiger partial charge in [0, 0.05) is 23.1 Å². The van der Waals surface area contributed by atoms with E-state index in [0.29, 0.717) is 16.3 Å². The van der Waals surface area contributed by atoms with E-state index in [2.05, 4.69) is 11.1 Å². The van der Waals surface area contributed by atoms with Gasteiger partial charge in [0.2, 0.25) is 0 Å². The Morgan fingerprint density at radius 2 is 2.21 bits per heavy atom. The second-order valence-corrected chi connectivity index (χ2v) is 5.44. The maximum atomic E-state index is 10.7. The Morgan fingerprint density at radius 1 is 1.47 bits per heavy atom. The van der Waals surface area contributed by atoms with E-state index in [1.165, 1.54) is 23.5 Å². The molecule has 1 heterocycles. The normalized spacial score (nSPS) is 11.0. The first-order chi connectivity index (χ1) is 8.94. The van der Waals surface area contributed by atoms with E-state index in [0.717, 1.165) is 0 Å². The topological polar surface area (TPSA) is 79.8 Å². The Labute approximate surface area is 114 Å². The van der Waals surface area contributed by atoms with Gasteiger partial charge in [0.15, 0.2) is 0 Å². The highest BCUT2D eigenvalue weighted by Crippen LogP contribution is 2.30. The number of hydrogen-bond donors (Lipinski definition) is 0. The van der Waals surface area contributed by atoms with E-state index in [1.807, 2.05) is 5.38 Å². The second-order valence-electron chi connectivity index (χ2n) is 4.58. The van der Waals surface area contributed by atoms with Crippen LogP contribution in [0.4, 0.5) is 5.69 Å². The first-order valence-electron chi connectivity index (χ1n) is 5.56. The monoisotopic (exact) mass is 273 g/mol. The SMILES string of the molecule is CC(C)(C#N)c1nc(-c2cccc([N+](=O)[O-])c2)cs1. The Morgan fingerprint density at radius 3 is 2.84 bits per heavy atom. The Kier molecular flexibility index (Phi) is 3.32. The summed E-state index contributed by atoms with van der Waals surface area (Å²) in [5.74, 6) is 0. The molecule has 0 N–H and O–H groups in total. The standard InChI is InChI=1S/C13H11N3O2S/c1-13(2,8-14)12-15-11(7-19-12)9-4-3-5-10(6-9)16(17)18/h3-7H,1-2H3. The van der Waals surface area contributed by atoms with Gasteiger partial charge in [-0.15, -0.1) is 11.3 Å². The fourth-order valence-electron chi connectivity index (χ4n) is 1.52. The number of hydrogen-bond acceptors (Lipinski definition) is 5. The molecule has 19 heavy (non-hydrogen) atoms. The van der Waals surface area contributed by atoms with Crippen molar-refractivity contribution in [1.29, 1.82) is 5.26 Å². The number of nitrogens with zero attached hydrogens (tertiary/aromatic N) is 3. The molecule has 1 aromatic carbocycles. The van der Waals surface area contributed by atoms with Crippen LogP contribution in [0.15, 0.2) is 29.6 Å². The molecular weight excluding hydrogens is 262 g/mol. The van der Waals surface area contributed by atoms with Gasteiger partial charge in [-0.05, 0) is 13.8 Å². The van der Waals surface area contributed by atoms with Crippen molar-refractivity contribution in [3.63, 3.8) is 0 Å². The molecule has 5 nitrogen and oxygen atoms in total. The average Bonchev–Trinajstić information content (AvgIpc) is 2.89. The largest absolute Gasteiger partial charge is 0.270 e. The third-order valence-corrected chi connectivity index (χ3v) is 3.84. The van der Waals surface area contributed by atoms with Crippen LogP contribution in [0.2, 0.25) is 0 Å². The van der Waals surface area contributed by atoms with Crippen LogP contribution in [-0.4, -0.2) is 9.91 Å². The first-order valence-corrected chi connectivity index (χ1v) is 6.44. The number of rotatable bonds is 3. The molecule has 0 fully saturated rings. The summed E-state index contributed by atoms with van der Waals surface area (Å²) >= 11 is 1.39. The summed E-state index contributed by atoms with van der Waals surface area (Å²) in [4.78, 5) is 14.7. The Bertz CT molecular complexity index is 671. The molecule has 0 aliphatic heterocycles. The van der Waals surface area contributed by atoms with Gasteiger partial charge in [-0.3, -0.25) is 10.1 Å². The number of nitriles is 1. The predicted molar refractivity (Wildman–Crippen MR) is 72.8 cm³/mol. The minimum atomic E-state index is -0.649. The van der Waals surface area contributed by atoms with Crippen LogP contribution in [0.25, 0.3) is 11.3 Å². The summed E-state index contributed by atoms with van der Waals surface area (Å²) < 4.78 is 0. The minimum absolute atomic E-state index is 0.0339. The molecule has 0 unspecified atom stereocenters. The van der Waals surface area contributed by atoms with Crippen molar-refractivity contribution in [3.8, 4) is 17.3 Å². The summed E-state index contributed by atoms with van der Waals surface area (Å²) in [5, 5.41) is 22.3. The third kappa shape index (κ3) is 2.61. The second kappa shape index (κ2) is 4.78. The van der Waals surface area contributed by atoms with E-state index < -0.39 is 10.3 Å². The Balaban J connectivity index is 2.42. The van der Waals surface area contributed by atoms with Crippen molar-refractivity contribution in [3.05, 3.63) is 44.8 Å². The zero-order valence-corrected chi connectivity index (χ0v) is 11.3. The molecule has 1 aromatic heterocycles. The maximum Gasteiger partial charge on any atom is 0.270 e. The lowest BCUT2D eigenvalue weighted by Crippen LogP contribution is -2.13. The van der Waals surface area contributed by atoms with Crippen molar-refractivity contribution in [2.45, 2.75) is 19.3 Å². The molecule has 0 bridgehead atoms. The summed E-state index contributed by atoms with van der Waals surface area (Å²) in [5.41, 5.74) is 0.730. The van der Waals surface area contributed by atoms with Gasteiger partial charge in [-0.2, -0.15) is 5.26 Å². The van der Waals surface area contributed by atoms with E-state index in [4.69, 9.17) is 5.26 Å². The molecule has 0 atom stereocenters. The molecule has 96 valence electrons. The molecule has 6 heteroatoms. The van der Waals surface area contributed by atoms with Gasteiger partial charge in [0.25, 0.3) is 5.69 Å². The zero-order valence-electron chi connectivity index (χ0n) is 10.5. The van der Waals surface area contributed by atoms with Crippen LogP contribution in [0.5, 0.6) is 0 Å². The molecule has 0 saturated carbocycles. The van der Waals surface area contributed by atoms with Crippen molar-refractivity contribution in [2.24, 2.45) is 0 Å². The van der Waals surface area contributed by atoms with Crippen LogP contribution >= 0.6 is 11.3 Å². The molecule has 0 aliphatic carbocycles. The number of non-ortho nitro benzene ring substituents is 1. The van der Waals surface area contributed by atoms with E-state index in [1.54, 1.807) is 26.0 Å². The van der Waals surface area contributed by atoms with E-state index in [9.17, 15) is 10.1 Å². The Hall–Kier alpha value is -2.26. The molecule has 0 spiro atoms. The minimum Gasteiger partial charge on any atom is -0.258 e. The summed E-state index contributed by atoms with van der Waals surface area (Å²) in [7, 11) is 0. The number of benzene rings is 1. The average molecular weight is 273 g/mol. The highest BCUT2D eigenvalue weighted by Gasteiger charge is 2.24. The van der Waals surface area contributed by atoms with Crippen LogP contribution in [0.1, 0.15) is 18.9 Å².